The molecule has 2 aliphatic heterocycles. The van der Waals surface area contributed by atoms with Crippen LogP contribution in [0.2, 0.25) is 0 Å². The van der Waals surface area contributed by atoms with Gasteiger partial charge in [0.15, 0.2) is 0 Å². The van der Waals surface area contributed by atoms with Crippen molar-refractivity contribution in [3.05, 3.63) is 12.2 Å². The molecule has 3 aliphatic rings. The SMILES string of the molecule is CCC(O)(CNCCCC[C@H]1[C@@H](CC=CCCCC(=O)O)[C@H]2CC[C@@H]1O2)CC1CCCCC1. The van der Waals surface area contributed by atoms with Crippen LogP contribution in [-0.4, -0.2) is 47.1 Å². The second-order valence-electron chi connectivity index (χ2n) is 11.1. The first-order valence-electron chi connectivity index (χ1n) is 14.0. The number of rotatable bonds is 16. The number of fused-ring (bicyclic) bond motifs is 2. The normalized spacial score (nSPS) is 29.6. The maximum absolute atomic E-state index is 11.1. The lowest BCUT2D eigenvalue weighted by Crippen LogP contribution is -2.42. The van der Waals surface area contributed by atoms with Crippen molar-refractivity contribution in [3.8, 4) is 0 Å². The molecule has 0 aromatic carbocycles. The number of aliphatic hydroxyl groups is 1. The van der Waals surface area contributed by atoms with E-state index >= 15 is 0 Å². The number of nitrogens with one attached hydrogen (secondary N) is 1. The van der Waals surface area contributed by atoms with Crippen molar-refractivity contribution in [2.75, 3.05) is 13.1 Å². The molecule has 2 bridgehead atoms. The number of ether oxygens (including phenoxy) is 1. The van der Waals surface area contributed by atoms with Gasteiger partial charge >= 0.3 is 5.97 Å². The van der Waals surface area contributed by atoms with Crippen LogP contribution in [0.25, 0.3) is 0 Å². The average molecular weight is 464 g/mol. The van der Waals surface area contributed by atoms with E-state index in [9.17, 15) is 9.90 Å². The summed E-state index contributed by atoms with van der Waals surface area (Å²) in [6.07, 6.45) is 22.7. The number of carboxylic acids is 1. The van der Waals surface area contributed by atoms with E-state index in [4.69, 9.17) is 9.84 Å². The van der Waals surface area contributed by atoms with Crippen LogP contribution in [0.4, 0.5) is 0 Å². The van der Waals surface area contributed by atoms with E-state index in [0.717, 1.165) is 51.6 Å². The number of hydrogen-bond acceptors (Lipinski definition) is 4. The van der Waals surface area contributed by atoms with Crippen LogP contribution in [-0.2, 0) is 9.53 Å². The molecule has 2 heterocycles. The van der Waals surface area contributed by atoms with Crippen molar-refractivity contribution >= 4 is 5.97 Å². The molecule has 0 aromatic heterocycles. The predicted octanol–water partition coefficient (Wildman–Crippen LogP) is 5.85. The van der Waals surface area contributed by atoms with E-state index in [2.05, 4.69) is 24.4 Å². The van der Waals surface area contributed by atoms with E-state index in [-0.39, 0.29) is 6.42 Å². The molecule has 1 unspecified atom stereocenters. The standard InChI is InChI=1S/C28H49NO4/c1-2-28(32,20-22-12-6-5-7-13-22)21-29-19-11-10-15-24-23(25-17-18-26(24)33-25)14-8-3-4-9-16-27(30)31/h3,8,22-26,29,32H,2,4-7,9-21H2,1H3,(H,30,31)/t23-,24+,25-,26+,28?/m1/s1. The van der Waals surface area contributed by atoms with Crippen molar-refractivity contribution in [3.63, 3.8) is 0 Å². The summed E-state index contributed by atoms with van der Waals surface area (Å²) in [5.41, 5.74) is -0.539. The van der Waals surface area contributed by atoms with Gasteiger partial charge in [-0.3, -0.25) is 4.79 Å². The van der Waals surface area contributed by atoms with E-state index in [1.807, 2.05) is 0 Å². The number of hydrogen-bond donors (Lipinski definition) is 3. The summed E-state index contributed by atoms with van der Waals surface area (Å²) in [5.74, 6) is 1.31. The second kappa shape index (κ2) is 13.8. The molecule has 3 N–H and O–H groups in total. The first-order valence-corrected chi connectivity index (χ1v) is 14.0. The van der Waals surface area contributed by atoms with Gasteiger partial charge in [0.1, 0.15) is 0 Å². The van der Waals surface area contributed by atoms with Gasteiger partial charge in [-0.25, -0.2) is 0 Å². The second-order valence-corrected chi connectivity index (χ2v) is 11.1. The molecule has 0 amide bonds. The summed E-state index contributed by atoms with van der Waals surface area (Å²) in [7, 11) is 0. The third-order valence-corrected chi connectivity index (χ3v) is 8.57. The lowest BCUT2D eigenvalue weighted by molar-refractivity contribution is -0.137. The summed E-state index contributed by atoms with van der Waals surface area (Å²) in [5, 5.41) is 23.4. The van der Waals surface area contributed by atoms with E-state index in [0.29, 0.717) is 30.0 Å². The Balaban J connectivity index is 1.30. The van der Waals surface area contributed by atoms with Gasteiger partial charge in [0.05, 0.1) is 17.8 Å². The van der Waals surface area contributed by atoms with Crippen LogP contribution in [0.3, 0.4) is 0 Å². The van der Waals surface area contributed by atoms with Crippen LogP contribution < -0.4 is 5.32 Å². The van der Waals surface area contributed by atoms with Crippen LogP contribution in [0.15, 0.2) is 12.2 Å². The Kier molecular flexibility index (Phi) is 11.2. The molecule has 5 nitrogen and oxygen atoms in total. The zero-order chi connectivity index (χ0) is 23.5. The molecule has 0 spiro atoms. The van der Waals surface area contributed by atoms with Gasteiger partial charge in [0.2, 0.25) is 0 Å². The van der Waals surface area contributed by atoms with Crippen molar-refractivity contribution in [1.82, 2.24) is 5.32 Å². The number of allylic oxidation sites excluding steroid dienone is 2. The Morgan fingerprint density at radius 2 is 1.79 bits per heavy atom. The molecule has 33 heavy (non-hydrogen) atoms. The van der Waals surface area contributed by atoms with E-state index in [1.54, 1.807) is 0 Å². The minimum absolute atomic E-state index is 0.258. The molecule has 3 fully saturated rings. The molecule has 1 aliphatic carbocycles. The zero-order valence-corrected chi connectivity index (χ0v) is 21.0. The summed E-state index contributed by atoms with van der Waals surface area (Å²) in [6.45, 7) is 3.84. The quantitative estimate of drug-likeness (QED) is 0.198. The Labute approximate surface area is 201 Å². The van der Waals surface area contributed by atoms with Gasteiger partial charge in [-0.1, -0.05) is 57.6 Å². The maximum Gasteiger partial charge on any atom is 0.303 e. The maximum atomic E-state index is 11.1. The lowest BCUT2D eigenvalue weighted by atomic mass is 9.75. The Morgan fingerprint density at radius 1 is 1.03 bits per heavy atom. The first-order chi connectivity index (χ1) is 16.0. The molecular formula is C28H49NO4. The van der Waals surface area contributed by atoms with E-state index < -0.39 is 11.6 Å². The van der Waals surface area contributed by atoms with Gasteiger partial charge in [-0.05, 0) is 82.1 Å². The van der Waals surface area contributed by atoms with Crippen molar-refractivity contribution < 1.29 is 19.7 Å². The van der Waals surface area contributed by atoms with E-state index in [1.165, 1.54) is 57.8 Å². The summed E-state index contributed by atoms with van der Waals surface area (Å²) >= 11 is 0. The third kappa shape index (κ3) is 8.67. The highest BCUT2D eigenvalue weighted by Gasteiger charge is 2.47. The Morgan fingerprint density at radius 3 is 2.52 bits per heavy atom. The lowest BCUT2D eigenvalue weighted by Gasteiger charge is -2.33. The Bertz CT molecular complexity index is 603. The number of carboxylic acid groups (broad SMARTS) is 1. The topological polar surface area (TPSA) is 78.8 Å². The summed E-state index contributed by atoms with van der Waals surface area (Å²) in [4.78, 5) is 10.6. The zero-order valence-electron chi connectivity index (χ0n) is 21.0. The van der Waals surface area contributed by atoms with Crippen molar-refractivity contribution in [2.45, 2.75) is 127 Å². The van der Waals surface area contributed by atoms with Gasteiger partial charge in [-0.2, -0.15) is 0 Å². The third-order valence-electron chi connectivity index (χ3n) is 8.57. The van der Waals surface area contributed by atoms with Crippen LogP contribution in [0.1, 0.15) is 110 Å². The van der Waals surface area contributed by atoms with Crippen molar-refractivity contribution in [1.29, 1.82) is 0 Å². The van der Waals surface area contributed by atoms with Gasteiger partial charge in [0.25, 0.3) is 0 Å². The molecule has 5 heteroatoms. The molecule has 3 rings (SSSR count). The fraction of sp³-hybridized carbons (Fsp3) is 0.893. The highest BCUT2D eigenvalue weighted by atomic mass is 16.5. The van der Waals surface area contributed by atoms with Gasteiger partial charge in [0, 0.05) is 13.0 Å². The molecule has 2 saturated heterocycles. The first kappa shape index (κ1) is 26.7. The summed E-state index contributed by atoms with van der Waals surface area (Å²) in [6, 6.07) is 0. The van der Waals surface area contributed by atoms with Crippen LogP contribution in [0.5, 0.6) is 0 Å². The summed E-state index contributed by atoms with van der Waals surface area (Å²) < 4.78 is 6.26. The Hall–Kier alpha value is -0.910. The van der Waals surface area contributed by atoms with Crippen LogP contribution >= 0.6 is 0 Å². The van der Waals surface area contributed by atoms with Crippen LogP contribution in [0, 0.1) is 17.8 Å². The molecule has 0 aromatic rings. The predicted molar refractivity (Wildman–Crippen MR) is 133 cm³/mol. The molecule has 5 atom stereocenters. The number of aliphatic carboxylic acids is 1. The minimum Gasteiger partial charge on any atom is -0.481 e. The van der Waals surface area contributed by atoms with Gasteiger partial charge < -0.3 is 20.3 Å². The molecule has 190 valence electrons. The minimum atomic E-state index is -0.706. The largest absolute Gasteiger partial charge is 0.481 e. The fourth-order valence-corrected chi connectivity index (χ4v) is 6.56. The van der Waals surface area contributed by atoms with Gasteiger partial charge in [-0.15, -0.1) is 0 Å². The molecule has 0 radical (unpaired) electrons. The molecular weight excluding hydrogens is 414 g/mol. The smallest absolute Gasteiger partial charge is 0.303 e. The number of carbonyl (C=O) groups is 1. The highest BCUT2D eigenvalue weighted by Crippen LogP contribution is 2.47. The number of unbranched alkanes of at least 4 members (excludes halogenated alkanes) is 2. The monoisotopic (exact) mass is 463 g/mol. The molecule has 1 saturated carbocycles. The highest BCUT2D eigenvalue weighted by molar-refractivity contribution is 5.66. The van der Waals surface area contributed by atoms with Crippen molar-refractivity contribution in [2.24, 2.45) is 17.8 Å². The average Bonchev–Trinajstić information content (AvgIpc) is 3.41. The fourth-order valence-electron chi connectivity index (χ4n) is 6.56.